The van der Waals surface area contributed by atoms with Gasteiger partial charge in [-0.25, -0.2) is 0 Å². The summed E-state index contributed by atoms with van der Waals surface area (Å²) >= 11 is 2.38. The zero-order valence-corrected chi connectivity index (χ0v) is 13.3. The van der Waals surface area contributed by atoms with Crippen LogP contribution in [-0.2, 0) is 11.4 Å². The Hall–Kier alpha value is -0.100. The fraction of sp³-hybridized carbons (Fsp3) is 0.583. The number of aryl methyl sites for hydroxylation is 1. The average Bonchev–Trinajstić information content (AvgIpc) is 2.20. The Balaban J connectivity index is 2.76. The van der Waals surface area contributed by atoms with E-state index in [0.717, 1.165) is 15.7 Å². The van der Waals surface area contributed by atoms with Gasteiger partial charge in [0.05, 0.1) is 11.7 Å². The molecule has 0 aliphatic heterocycles. The molecule has 0 amide bonds. The van der Waals surface area contributed by atoms with E-state index in [1.165, 1.54) is 0 Å². The van der Waals surface area contributed by atoms with Crippen LogP contribution >= 0.6 is 15.9 Å². The van der Waals surface area contributed by atoms with Gasteiger partial charge in [0.1, 0.15) is 4.75 Å². The fourth-order valence-corrected chi connectivity index (χ4v) is 2.34. The summed E-state index contributed by atoms with van der Waals surface area (Å²) < 4.78 is 15.8. The van der Waals surface area contributed by atoms with Gasteiger partial charge in [-0.05, 0) is 62.2 Å². The predicted molar refractivity (Wildman–Crippen MR) is 76.1 cm³/mol. The summed E-state index contributed by atoms with van der Waals surface area (Å²) in [5, 5.41) is 0. The van der Waals surface area contributed by atoms with Gasteiger partial charge in [0.2, 0.25) is 0 Å². The third-order valence-electron chi connectivity index (χ3n) is 2.39. The lowest BCUT2D eigenvalue weighted by Crippen LogP contribution is -2.40. The second-order valence-corrected chi connectivity index (χ2v) is 7.91. The number of nitrogens with zero attached hydrogens (tertiary/aromatic N) is 1. The number of aromatic nitrogens is 1. The molecule has 1 aromatic rings. The Bertz CT molecular complexity index is 393. The summed E-state index contributed by atoms with van der Waals surface area (Å²) in [5.74, 6) is 0. The van der Waals surface area contributed by atoms with Crippen molar-refractivity contribution in [3.05, 3.63) is 28.0 Å². The summed E-state index contributed by atoms with van der Waals surface area (Å²) in [5.41, 5.74) is 1.98. The molecule has 0 saturated heterocycles. The van der Waals surface area contributed by atoms with Crippen molar-refractivity contribution in [3.8, 4) is 0 Å². The van der Waals surface area contributed by atoms with Crippen LogP contribution in [0.25, 0.3) is 0 Å². The number of hydrogen-bond acceptors (Lipinski definition) is 3. The monoisotopic (exact) mass is 318 g/mol. The molecule has 0 spiro atoms. The van der Waals surface area contributed by atoms with E-state index >= 15 is 0 Å². The van der Waals surface area contributed by atoms with Gasteiger partial charge in [-0.15, -0.1) is 4.72 Å². The van der Waals surface area contributed by atoms with E-state index in [1.807, 2.05) is 46.9 Å². The molecule has 0 fully saturated rings. The van der Waals surface area contributed by atoms with Crippen LogP contribution in [0.2, 0.25) is 0 Å². The maximum Gasteiger partial charge on any atom is 0.136 e. The molecule has 1 N–H and O–H groups in total. The molecular formula is C12H19BrN2OS. The van der Waals surface area contributed by atoms with Crippen LogP contribution in [0.4, 0.5) is 0 Å². The number of rotatable bonds is 3. The van der Waals surface area contributed by atoms with Crippen LogP contribution in [0, 0.1) is 6.92 Å². The van der Waals surface area contributed by atoms with Gasteiger partial charge < -0.3 is 4.55 Å². The minimum Gasteiger partial charge on any atom is -0.598 e. The maximum atomic E-state index is 12.0. The first kappa shape index (κ1) is 15.0. The van der Waals surface area contributed by atoms with E-state index in [9.17, 15) is 4.55 Å². The largest absolute Gasteiger partial charge is 0.598 e. The first-order valence-corrected chi connectivity index (χ1v) is 7.46. The molecule has 0 aromatic carbocycles. The number of nitrogens with one attached hydrogen (secondary N) is 1. The van der Waals surface area contributed by atoms with E-state index in [4.69, 9.17) is 0 Å². The van der Waals surface area contributed by atoms with Crippen molar-refractivity contribution in [2.45, 2.75) is 45.4 Å². The second-order valence-electron chi connectivity index (χ2n) is 5.06. The van der Waals surface area contributed by atoms with Gasteiger partial charge in [-0.3, -0.25) is 4.98 Å². The van der Waals surface area contributed by atoms with Gasteiger partial charge in [-0.1, -0.05) is 0 Å². The molecule has 17 heavy (non-hydrogen) atoms. The number of halogens is 1. The molecule has 1 rings (SSSR count). The van der Waals surface area contributed by atoms with E-state index in [2.05, 4.69) is 25.6 Å². The lowest BCUT2D eigenvalue weighted by atomic mass is 10.1. The molecule has 2 atom stereocenters. The molecular weight excluding hydrogens is 300 g/mol. The third-order valence-corrected chi connectivity index (χ3v) is 4.87. The Morgan fingerprint density at radius 2 is 2.06 bits per heavy atom. The molecule has 5 heteroatoms. The van der Waals surface area contributed by atoms with Crippen LogP contribution in [0.15, 0.2) is 16.7 Å². The van der Waals surface area contributed by atoms with Gasteiger partial charge >= 0.3 is 0 Å². The van der Waals surface area contributed by atoms with Crippen molar-refractivity contribution in [2.75, 3.05) is 0 Å². The van der Waals surface area contributed by atoms with Crippen LogP contribution in [-0.4, -0.2) is 14.3 Å². The van der Waals surface area contributed by atoms with E-state index in [1.54, 1.807) is 0 Å². The zero-order chi connectivity index (χ0) is 13.2. The highest BCUT2D eigenvalue weighted by Crippen LogP contribution is 2.22. The number of pyridine rings is 1. The highest BCUT2D eigenvalue weighted by Gasteiger charge is 2.28. The summed E-state index contributed by atoms with van der Waals surface area (Å²) in [7, 11) is 0. The Morgan fingerprint density at radius 1 is 1.47 bits per heavy atom. The normalized spacial score (nSPS) is 15.7. The molecule has 96 valence electrons. The van der Waals surface area contributed by atoms with Crippen molar-refractivity contribution >= 4 is 27.3 Å². The molecule has 2 unspecified atom stereocenters. The minimum atomic E-state index is -1.07. The third kappa shape index (κ3) is 4.25. The summed E-state index contributed by atoms with van der Waals surface area (Å²) in [6.45, 7) is 9.78. The van der Waals surface area contributed by atoms with Crippen molar-refractivity contribution in [3.63, 3.8) is 0 Å². The van der Waals surface area contributed by atoms with E-state index in [-0.39, 0.29) is 10.8 Å². The van der Waals surface area contributed by atoms with Crippen molar-refractivity contribution < 1.29 is 4.55 Å². The van der Waals surface area contributed by atoms with Crippen LogP contribution in [0.1, 0.15) is 45.0 Å². The molecule has 0 saturated carbocycles. The summed E-state index contributed by atoms with van der Waals surface area (Å²) in [6, 6.07) is 2.03. The van der Waals surface area contributed by atoms with Gasteiger partial charge in [0.25, 0.3) is 0 Å². The van der Waals surface area contributed by atoms with Gasteiger partial charge in [-0.2, -0.15) is 0 Å². The minimum absolute atomic E-state index is 0.0134. The maximum absolute atomic E-state index is 12.0. The predicted octanol–water partition coefficient (Wildman–Crippen LogP) is 3.27. The molecule has 1 aromatic heterocycles. The molecule has 0 bridgehead atoms. The topological polar surface area (TPSA) is 48.0 Å². The van der Waals surface area contributed by atoms with E-state index in [0.29, 0.717) is 0 Å². The first-order valence-electron chi connectivity index (χ1n) is 5.52. The SMILES string of the molecule is Cc1ncc(C(C)N[S+]([O-])C(C)(C)C)cc1Br. The van der Waals surface area contributed by atoms with Crippen molar-refractivity contribution in [1.82, 2.24) is 9.71 Å². The lowest BCUT2D eigenvalue weighted by Gasteiger charge is -2.26. The Kier molecular flexibility index (Phi) is 5.01. The highest BCUT2D eigenvalue weighted by molar-refractivity contribution is 9.10. The average molecular weight is 319 g/mol. The smallest absolute Gasteiger partial charge is 0.136 e. The summed E-state index contributed by atoms with van der Waals surface area (Å²) in [6.07, 6.45) is 1.82. The molecule has 0 aliphatic rings. The molecule has 1 heterocycles. The second kappa shape index (κ2) is 5.69. The molecule has 0 radical (unpaired) electrons. The van der Waals surface area contributed by atoms with Crippen molar-refractivity contribution in [1.29, 1.82) is 0 Å². The highest BCUT2D eigenvalue weighted by atomic mass is 79.9. The quantitative estimate of drug-likeness (QED) is 0.870. The lowest BCUT2D eigenvalue weighted by molar-refractivity contribution is 0.531. The van der Waals surface area contributed by atoms with Crippen LogP contribution in [0.3, 0.4) is 0 Å². The first-order chi connectivity index (χ1) is 7.71. The standard InChI is InChI=1S/C12H19BrN2OS/c1-8(15-17(16)12(3,4)5)10-6-11(13)9(2)14-7-10/h6-8,15H,1-5H3. The van der Waals surface area contributed by atoms with E-state index < -0.39 is 11.4 Å². The van der Waals surface area contributed by atoms with Gasteiger partial charge in [0, 0.05) is 22.0 Å². The number of hydrogen-bond donors (Lipinski definition) is 1. The molecule has 0 aliphatic carbocycles. The van der Waals surface area contributed by atoms with Crippen molar-refractivity contribution in [2.24, 2.45) is 0 Å². The van der Waals surface area contributed by atoms with Crippen LogP contribution < -0.4 is 4.72 Å². The fourth-order valence-electron chi connectivity index (χ4n) is 1.16. The van der Waals surface area contributed by atoms with Crippen LogP contribution in [0.5, 0.6) is 0 Å². The summed E-state index contributed by atoms with van der Waals surface area (Å²) in [4.78, 5) is 4.28. The van der Waals surface area contributed by atoms with Gasteiger partial charge in [0.15, 0.2) is 0 Å². The zero-order valence-electron chi connectivity index (χ0n) is 10.9. The Morgan fingerprint density at radius 3 is 2.53 bits per heavy atom. The Labute approximate surface area is 115 Å². The molecule has 3 nitrogen and oxygen atoms in total.